The molecule has 2 aromatic rings. The lowest BCUT2D eigenvalue weighted by molar-refractivity contribution is -0.384. The highest BCUT2D eigenvalue weighted by atomic mass is 16.6. The molecule has 0 bridgehead atoms. The molecule has 2 rings (SSSR count). The van der Waals surface area contributed by atoms with E-state index in [1.165, 1.54) is 0 Å². The minimum Gasteiger partial charge on any atom is -0.368 e. The Labute approximate surface area is 95.4 Å². The molecule has 0 fully saturated rings. The van der Waals surface area contributed by atoms with Crippen LogP contribution in [0.5, 0.6) is 0 Å². The predicted octanol–water partition coefficient (Wildman–Crippen LogP) is 0.444. The highest BCUT2D eigenvalue weighted by molar-refractivity contribution is 5.63. The quantitative estimate of drug-likeness (QED) is 0.584. The SMILES string of the molecule is Cn1ccc(Nc2nc(N)ncc2[N+](=O)[O-])n1. The lowest BCUT2D eigenvalue weighted by atomic mass is 10.4. The molecule has 0 amide bonds. The highest BCUT2D eigenvalue weighted by Gasteiger charge is 2.17. The van der Waals surface area contributed by atoms with E-state index in [4.69, 9.17) is 5.73 Å². The molecule has 17 heavy (non-hydrogen) atoms. The van der Waals surface area contributed by atoms with Crippen LogP contribution in [0, 0.1) is 10.1 Å². The summed E-state index contributed by atoms with van der Waals surface area (Å²) in [6.07, 6.45) is 2.74. The zero-order chi connectivity index (χ0) is 12.4. The van der Waals surface area contributed by atoms with Crippen LogP contribution in [0.1, 0.15) is 0 Å². The van der Waals surface area contributed by atoms with Crippen molar-refractivity contribution < 1.29 is 4.92 Å². The van der Waals surface area contributed by atoms with Gasteiger partial charge >= 0.3 is 5.69 Å². The number of nitrogen functional groups attached to an aromatic ring is 1. The van der Waals surface area contributed by atoms with Crippen molar-refractivity contribution in [3.8, 4) is 0 Å². The average molecular weight is 235 g/mol. The number of nitrogens with zero attached hydrogens (tertiary/aromatic N) is 5. The molecule has 0 aliphatic carbocycles. The van der Waals surface area contributed by atoms with Crippen LogP contribution < -0.4 is 11.1 Å². The van der Waals surface area contributed by atoms with Crippen molar-refractivity contribution in [2.24, 2.45) is 7.05 Å². The number of nitrogens with two attached hydrogens (primary N) is 1. The first-order valence-electron chi connectivity index (χ1n) is 4.60. The molecule has 0 spiro atoms. The van der Waals surface area contributed by atoms with Crippen molar-refractivity contribution in [2.45, 2.75) is 0 Å². The number of aryl methyl sites for hydroxylation is 1. The largest absolute Gasteiger partial charge is 0.368 e. The molecule has 2 aromatic heterocycles. The van der Waals surface area contributed by atoms with Crippen LogP contribution in [0.15, 0.2) is 18.5 Å². The molecule has 0 saturated carbocycles. The molecule has 0 radical (unpaired) electrons. The summed E-state index contributed by atoms with van der Waals surface area (Å²) < 4.78 is 1.55. The molecule has 0 aliphatic heterocycles. The monoisotopic (exact) mass is 235 g/mol. The van der Waals surface area contributed by atoms with Crippen LogP contribution in [0.2, 0.25) is 0 Å². The van der Waals surface area contributed by atoms with Crippen molar-refractivity contribution in [2.75, 3.05) is 11.1 Å². The summed E-state index contributed by atoms with van der Waals surface area (Å²) in [6, 6.07) is 1.65. The van der Waals surface area contributed by atoms with E-state index in [1.54, 1.807) is 24.0 Å². The van der Waals surface area contributed by atoms with Gasteiger partial charge in [-0.2, -0.15) is 10.1 Å². The Morgan fingerprint density at radius 2 is 2.35 bits per heavy atom. The van der Waals surface area contributed by atoms with Gasteiger partial charge in [-0.25, -0.2) is 4.98 Å². The second-order valence-corrected chi connectivity index (χ2v) is 3.22. The Morgan fingerprint density at radius 1 is 1.59 bits per heavy atom. The second-order valence-electron chi connectivity index (χ2n) is 3.22. The van der Waals surface area contributed by atoms with E-state index in [1.807, 2.05) is 0 Å². The maximum atomic E-state index is 10.7. The van der Waals surface area contributed by atoms with Crippen LogP contribution in [-0.4, -0.2) is 24.7 Å². The number of aromatic nitrogens is 4. The van der Waals surface area contributed by atoms with Crippen LogP contribution in [0.4, 0.5) is 23.3 Å². The first-order valence-corrected chi connectivity index (χ1v) is 4.60. The van der Waals surface area contributed by atoms with Crippen LogP contribution in [0.3, 0.4) is 0 Å². The second kappa shape index (κ2) is 4.04. The Bertz CT molecular complexity index is 565. The van der Waals surface area contributed by atoms with Crippen molar-refractivity contribution in [1.29, 1.82) is 0 Å². The molecule has 3 N–H and O–H groups in total. The molecular weight excluding hydrogens is 226 g/mol. The molecule has 88 valence electrons. The van der Waals surface area contributed by atoms with Crippen molar-refractivity contribution in [3.05, 3.63) is 28.6 Å². The fourth-order valence-electron chi connectivity index (χ4n) is 1.22. The molecule has 0 unspecified atom stereocenters. The summed E-state index contributed by atoms with van der Waals surface area (Å²) in [6.45, 7) is 0. The third-order valence-electron chi connectivity index (χ3n) is 1.94. The topological polar surface area (TPSA) is 125 Å². The van der Waals surface area contributed by atoms with Gasteiger partial charge in [0.25, 0.3) is 0 Å². The Morgan fingerprint density at radius 3 is 2.94 bits per heavy atom. The number of nitro groups is 1. The van der Waals surface area contributed by atoms with E-state index in [0.29, 0.717) is 5.82 Å². The Kier molecular flexibility index (Phi) is 2.57. The zero-order valence-electron chi connectivity index (χ0n) is 8.86. The van der Waals surface area contributed by atoms with E-state index in [9.17, 15) is 10.1 Å². The molecule has 0 atom stereocenters. The van der Waals surface area contributed by atoms with Gasteiger partial charge < -0.3 is 11.1 Å². The summed E-state index contributed by atoms with van der Waals surface area (Å²) in [5.41, 5.74) is 5.12. The third-order valence-corrected chi connectivity index (χ3v) is 1.94. The first-order chi connectivity index (χ1) is 8.06. The van der Waals surface area contributed by atoms with E-state index < -0.39 is 4.92 Å². The van der Waals surface area contributed by atoms with Gasteiger partial charge in [0.1, 0.15) is 6.20 Å². The predicted molar refractivity (Wildman–Crippen MR) is 59.6 cm³/mol. The Balaban J connectivity index is 2.37. The third kappa shape index (κ3) is 2.27. The summed E-state index contributed by atoms with van der Waals surface area (Å²) in [4.78, 5) is 17.5. The molecule has 9 heteroatoms. The van der Waals surface area contributed by atoms with Crippen LogP contribution in [0.25, 0.3) is 0 Å². The van der Waals surface area contributed by atoms with Gasteiger partial charge in [-0.1, -0.05) is 0 Å². The molecule has 0 aromatic carbocycles. The van der Waals surface area contributed by atoms with E-state index in [-0.39, 0.29) is 17.5 Å². The van der Waals surface area contributed by atoms with Gasteiger partial charge in [-0.05, 0) is 0 Å². The zero-order valence-corrected chi connectivity index (χ0v) is 8.86. The molecule has 0 saturated heterocycles. The minimum absolute atomic E-state index is 0.0150. The number of hydrogen-bond acceptors (Lipinski definition) is 7. The molecule has 9 nitrogen and oxygen atoms in total. The van der Waals surface area contributed by atoms with Gasteiger partial charge in [0.15, 0.2) is 5.82 Å². The van der Waals surface area contributed by atoms with Crippen LogP contribution in [-0.2, 0) is 7.05 Å². The number of rotatable bonds is 3. The van der Waals surface area contributed by atoms with Gasteiger partial charge in [-0.15, -0.1) is 0 Å². The normalized spacial score (nSPS) is 10.2. The van der Waals surface area contributed by atoms with Crippen LogP contribution >= 0.6 is 0 Å². The molecule has 0 aliphatic rings. The van der Waals surface area contributed by atoms with Crippen molar-refractivity contribution >= 4 is 23.3 Å². The van der Waals surface area contributed by atoms with Crippen molar-refractivity contribution in [3.63, 3.8) is 0 Å². The maximum Gasteiger partial charge on any atom is 0.330 e. The summed E-state index contributed by atoms with van der Waals surface area (Å²) in [5.74, 6) is 0.406. The van der Waals surface area contributed by atoms with E-state index in [0.717, 1.165) is 6.20 Å². The lowest BCUT2D eigenvalue weighted by Gasteiger charge is -2.03. The highest BCUT2D eigenvalue weighted by Crippen LogP contribution is 2.23. The fraction of sp³-hybridized carbons (Fsp3) is 0.125. The first kappa shape index (κ1) is 10.8. The molecular formula is C8H9N7O2. The number of anilines is 3. The minimum atomic E-state index is -0.593. The lowest BCUT2D eigenvalue weighted by Crippen LogP contribution is -2.04. The summed E-state index contributed by atoms with van der Waals surface area (Å²) >= 11 is 0. The fourth-order valence-corrected chi connectivity index (χ4v) is 1.22. The number of hydrogen-bond donors (Lipinski definition) is 2. The van der Waals surface area contributed by atoms with E-state index in [2.05, 4.69) is 20.4 Å². The van der Waals surface area contributed by atoms with Gasteiger partial charge in [0, 0.05) is 19.3 Å². The van der Waals surface area contributed by atoms with Gasteiger partial charge in [0.05, 0.1) is 4.92 Å². The molecule has 2 heterocycles. The summed E-state index contributed by atoms with van der Waals surface area (Å²) in [7, 11) is 1.73. The maximum absolute atomic E-state index is 10.7. The van der Waals surface area contributed by atoms with Gasteiger partial charge in [-0.3, -0.25) is 14.8 Å². The smallest absolute Gasteiger partial charge is 0.330 e. The Hall–Kier alpha value is -2.71. The van der Waals surface area contributed by atoms with Crippen molar-refractivity contribution in [1.82, 2.24) is 19.7 Å². The van der Waals surface area contributed by atoms with E-state index >= 15 is 0 Å². The number of nitrogens with one attached hydrogen (secondary N) is 1. The standard InChI is InChI=1S/C8H9N7O2/c1-14-3-2-6(13-14)11-7-5(15(16)17)4-10-8(9)12-7/h2-4H,1H3,(H3,9,10,11,12,13). The van der Waals surface area contributed by atoms with Gasteiger partial charge in [0.2, 0.25) is 11.8 Å². The average Bonchev–Trinajstić information content (AvgIpc) is 2.63. The summed E-state index contributed by atoms with van der Waals surface area (Å²) in [5, 5.41) is 17.5.